The van der Waals surface area contributed by atoms with Crippen LogP contribution in [0.4, 0.5) is 0 Å². The average Bonchev–Trinajstić information content (AvgIpc) is 2.40. The van der Waals surface area contributed by atoms with E-state index >= 15 is 0 Å². The van der Waals surface area contributed by atoms with Gasteiger partial charge in [0.2, 0.25) is 0 Å². The number of hydrogen-bond donors (Lipinski definition) is 2. The van der Waals surface area contributed by atoms with E-state index in [0.29, 0.717) is 0 Å². The number of terminal acetylenes is 2. The highest BCUT2D eigenvalue weighted by atomic mass is 16.3. The van der Waals surface area contributed by atoms with Gasteiger partial charge < -0.3 is 10.2 Å². The molecule has 2 atom stereocenters. The van der Waals surface area contributed by atoms with E-state index in [2.05, 4.69) is 35.5 Å². The molecule has 0 heterocycles. The van der Waals surface area contributed by atoms with Crippen LogP contribution in [0.5, 0.6) is 0 Å². The highest BCUT2D eigenvalue weighted by Gasteiger charge is 1.90. The molecule has 0 unspecified atom stereocenters. The summed E-state index contributed by atoms with van der Waals surface area (Å²) in [7, 11) is 0. The van der Waals surface area contributed by atoms with Crippen molar-refractivity contribution in [1.82, 2.24) is 0 Å². The number of aliphatic hydroxyl groups is 2. The van der Waals surface area contributed by atoms with E-state index in [4.69, 9.17) is 23.1 Å². The largest absolute Gasteiger partial charge is 0.369 e. The van der Waals surface area contributed by atoms with Crippen LogP contribution in [0.25, 0.3) is 0 Å². The SMILES string of the molecule is C#C[C@@H](O)C#CCCCCCCC#C[C@@H](O)C#C. The summed E-state index contributed by atoms with van der Waals surface area (Å²) in [5.74, 6) is 15.1. The van der Waals surface area contributed by atoms with Crippen molar-refractivity contribution in [3.63, 3.8) is 0 Å². The van der Waals surface area contributed by atoms with Crippen LogP contribution in [0, 0.1) is 48.4 Å². The van der Waals surface area contributed by atoms with Crippen LogP contribution < -0.4 is 0 Å². The van der Waals surface area contributed by atoms with Gasteiger partial charge in [0.15, 0.2) is 12.2 Å². The topological polar surface area (TPSA) is 40.5 Å². The first kappa shape index (κ1) is 16.2. The maximum absolute atomic E-state index is 8.96. The quantitative estimate of drug-likeness (QED) is 0.564. The van der Waals surface area contributed by atoms with Crippen LogP contribution in [0.1, 0.15) is 38.5 Å². The van der Waals surface area contributed by atoms with Gasteiger partial charge in [0.05, 0.1) is 0 Å². The molecule has 0 aromatic rings. The van der Waals surface area contributed by atoms with Crippen molar-refractivity contribution in [3.05, 3.63) is 0 Å². The second-order valence-corrected chi connectivity index (χ2v) is 3.69. The standard InChI is InChI=1S/C16H18O2/c1-3-15(17)13-11-9-7-5-6-8-10-12-14-16(18)4-2/h1-2,15-18H,5-10H2/t15-,16+. The zero-order valence-corrected chi connectivity index (χ0v) is 10.4. The van der Waals surface area contributed by atoms with Gasteiger partial charge >= 0.3 is 0 Å². The predicted octanol–water partition coefficient (Wildman–Crippen LogP) is 1.32. The lowest BCUT2D eigenvalue weighted by Crippen LogP contribution is -1.96. The molecular weight excluding hydrogens is 224 g/mol. The molecule has 2 heteroatoms. The van der Waals surface area contributed by atoms with Gasteiger partial charge in [0, 0.05) is 12.8 Å². The number of hydrogen-bond acceptors (Lipinski definition) is 2. The van der Waals surface area contributed by atoms with E-state index in [1.54, 1.807) is 0 Å². The van der Waals surface area contributed by atoms with Gasteiger partial charge in [-0.3, -0.25) is 0 Å². The van der Waals surface area contributed by atoms with Crippen molar-refractivity contribution in [3.8, 4) is 48.4 Å². The Morgan fingerprint density at radius 3 is 1.44 bits per heavy atom. The minimum Gasteiger partial charge on any atom is -0.369 e. The van der Waals surface area contributed by atoms with Crippen LogP contribution in [0.2, 0.25) is 0 Å². The number of rotatable bonds is 5. The fourth-order valence-corrected chi connectivity index (χ4v) is 1.20. The molecule has 18 heavy (non-hydrogen) atoms. The summed E-state index contributed by atoms with van der Waals surface area (Å²) >= 11 is 0. The lowest BCUT2D eigenvalue weighted by Gasteiger charge is -1.95. The molecular formula is C16H18O2. The number of aliphatic hydroxyl groups excluding tert-OH is 2. The second kappa shape index (κ2) is 11.6. The van der Waals surface area contributed by atoms with Gasteiger partial charge in [-0.2, -0.15) is 0 Å². The van der Waals surface area contributed by atoms with Crippen molar-refractivity contribution in [2.24, 2.45) is 0 Å². The van der Waals surface area contributed by atoms with Crippen molar-refractivity contribution in [2.45, 2.75) is 50.7 Å². The van der Waals surface area contributed by atoms with Gasteiger partial charge in [0.1, 0.15) is 0 Å². The third kappa shape index (κ3) is 10.7. The van der Waals surface area contributed by atoms with Gasteiger partial charge in [0.25, 0.3) is 0 Å². The van der Waals surface area contributed by atoms with Gasteiger partial charge in [-0.15, -0.1) is 12.8 Å². The third-order valence-corrected chi connectivity index (χ3v) is 2.15. The third-order valence-electron chi connectivity index (χ3n) is 2.15. The monoisotopic (exact) mass is 242 g/mol. The molecule has 2 nitrogen and oxygen atoms in total. The lowest BCUT2D eigenvalue weighted by molar-refractivity contribution is 0.289. The first-order chi connectivity index (χ1) is 8.70. The van der Waals surface area contributed by atoms with Crippen molar-refractivity contribution in [2.75, 3.05) is 0 Å². The van der Waals surface area contributed by atoms with Crippen molar-refractivity contribution >= 4 is 0 Å². The zero-order chi connectivity index (χ0) is 13.6. The smallest absolute Gasteiger partial charge is 0.176 e. The first-order valence-electron chi connectivity index (χ1n) is 5.96. The molecule has 0 aliphatic carbocycles. The summed E-state index contributed by atoms with van der Waals surface area (Å²) in [5.41, 5.74) is 0. The van der Waals surface area contributed by atoms with Gasteiger partial charge in [-0.1, -0.05) is 48.4 Å². The Morgan fingerprint density at radius 2 is 1.11 bits per heavy atom. The van der Waals surface area contributed by atoms with Gasteiger partial charge in [-0.05, 0) is 12.8 Å². The molecule has 0 spiro atoms. The molecule has 0 saturated heterocycles. The van der Waals surface area contributed by atoms with Crippen LogP contribution >= 0.6 is 0 Å². The summed E-state index contributed by atoms with van der Waals surface area (Å²) < 4.78 is 0. The molecule has 0 rings (SSSR count). The Labute approximate surface area is 110 Å². The normalized spacial score (nSPS) is 11.8. The lowest BCUT2D eigenvalue weighted by atomic mass is 10.1. The second-order valence-electron chi connectivity index (χ2n) is 3.69. The fraction of sp³-hybridized carbons (Fsp3) is 0.500. The zero-order valence-electron chi connectivity index (χ0n) is 10.4. The molecule has 0 aliphatic heterocycles. The molecule has 0 amide bonds. The summed E-state index contributed by atoms with van der Waals surface area (Å²) in [6.07, 6.45) is 13.7. The summed E-state index contributed by atoms with van der Waals surface area (Å²) in [4.78, 5) is 0. The van der Waals surface area contributed by atoms with E-state index in [-0.39, 0.29) is 0 Å². The van der Waals surface area contributed by atoms with E-state index in [1.165, 1.54) is 0 Å². The van der Waals surface area contributed by atoms with E-state index in [0.717, 1.165) is 38.5 Å². The highest BCUT2D eigenvalue weighted by Crippen LogP contribution is 2.04. The summed E-state index contributed by atoms with van der Waals surface area (Å²) in [6, 6.07) is 0. The minimum atomic E-state index is -0.942. The molecule has 0 aromatic carbocycles. The maximum Gasteiger partial charge on any atom is 0.176 e. The molecule has 0 bridgehead atoms. The average molecular weight is 242 g/mol. The highest BCUT2D eigenvalue weighted by molar-refractivity contribution is 5.16. The van der Waals surface area contributed by atoms with E-state index < -0.39 is 12.2 Å². The maximum atomic E-state index is 8.96. The van der Waals surface area contributed by atoms with Crippen LogP contribution in [0.3, 0.4) is 0 Å². The fourth-order valence-electron chi connectivity index (χ4n) is 1.20. The minimum absolute atomic E-state index is 0.750. The molecule has 2 N–H and O–H groups in total. The Kier molecular flexibility index (Phi) is 10.4. The summed E-state index contributed by atoms with van der Waals surface area (Å²) in [5, 5.41) is 17.9. The van der Waals surface area contributed by atoms with Crippen molar-refractivity contribution < 1.29 is 10.2 Å². The van der Waals surface area contributed by atoms with E-state index in [1.807, 2.05) is 0 Å². The predicted molar refractivity (Wildman–Crippen MR) is 72.9 cm³/mol. The Bertz CT molecular complexity index is 372. The molecule has 94 valence electrons. The van der Waals surface area contributed by atoms with Crippen LogP contribution in [-0.4, -0.2) is 22.4 Å². The Morgan fingerprint density at radius 1 is 0.722 bits per heavy atom. The molecule has 0 saturated carbocycles. The molecule has 0 aliphatic rings. The van der Waals surface area contributed by atoms with Crippen molar-refractivity contribution in [1.29, 1.82) is 0 Å². The number of unbranched alkanes of at least 4 members (excludes halogenated alkanes) is 5. The van der Waals surface area contributed by atoms with Gasteiger partial charge in [-0.25, -0.2) is 0 Å². The summed E-state index contributed by atoms with van der Waals surface area (Å²) in [6.45, 7) is 0. The molecule has 0 radical (unpaired) electrons. The molecule has 0 aromatic heterocycles. The Balaban J connectivity index is 3.41. The van der Waals surface area contributed by atoms with Crippen LogP contribution in [-0.2, 0) is 0 Å². The Hall–Kier alpha value is -1.84. The first-order valence-corrected chi connectivity index (χ1v) is 5.96. The van der Waals surface area contributed by atoms with E-state index in [9.17, 15) is 0 Å². The molecule has 0 fully saturated rings. The van der Waals surface area contributed by atoms with Crippen LogP contribution in [0.15, 0.2) is 0 Å².